The average molecular weight is 196 g/mol. The molecular formula is C9H12N2OS. The fraction of sp³-hybridized carbons (Fsp3) is 0.556. The molecule has 1 aliphatic rings. The van der Waals surface area contributed by atoms with Crippen molar-refractivity contribution in [3.8, 4) is 0 Å². The van der Waals surface area contributed by atoms with Gasteiger partial charge >= 0.3 is 0 Å². The number of hydrogen-bond acceptors (Lipinski definition) is 3. The van der Waals surface area contributed by atoms with E-state index in [2.05, 4.69) is 15.7 Å². The predicted octanol–water partition coefficient (Wildman–Crippen LogP) is 1.31. The van der Waals surface area contributed by atoms with Crippen molar-refractivity contribution < 1.29 is 4.79 Å². The highest BCUT2D eigenvalue weighted by Crippen LogP contribution is 2.40. The van der Waals surface area contributed by atoms with Gasteiger partial charge in [0.1, 0.15) is 5.01 Å². The molecule has 3 nitrogen and oxygen atoms in total. The molecule has 1 aliphatic carbocycles. The van der Waals surface area contributed by atoms with Gasteiger partial charge in [0.25, 0.3) is 0 Å². The molecule has 0 radical (unpaired) electrons. The van der Waals surface area contributed by atoms with E-state index >= 15 is 0 Å². The molecule has 0 saturated heterocycles. The number of hydrogen-bond donors (Lipinski definition) is 1. The Bertz CT molecular complexity index is 317. The maximum absolute atomic E-state index is 11.0. The van der Waals surface area contributed by atoms with E-state index in [1.165, 1.54) is 18.5 Å². The Morgan fingerprint density at radius 1 is 1.77 bits per heavy atom. The minimum atomic E-state index is 0.0386. The largest absolute Gasteiger partial charge is 0.359 e. The summed E-state index contributed by atoms with van der Waals surface area (Å²) in [6.07, 6.45) is 2.96. The summed E-state index contributed by atoms with van der Waals surface area (Å²) in [5.41, 5.74) is 1.18. The highest BCUT2D eigenvalue weighted by Gasteiger charge is 2.26. The smallest absolute Gasteiger partial charge is 0.226 e. The van der Waals surface area contributed by atoms with Gasteiger partial charge in [0.05, 0.1) is 12.1 Å². The Balaban J connectivity index is 2.00. The van der Waals surface area contributed by atoms with E-state index in [9.17, 15) is 4.79 Å². The molecule has 1 saturated carbocycles. The summed E-state index contributed by atoms with van der Waals surface area (Å²) in [5.74, 6) is 0.728. The zero-order chi connectivity index (χ0) is 9.26. The van der Waals surface area contributed by atoms with Gasteiger partial charge in [-0.2, -0.15) is 0 Å². The van der Waals surface area contributed by atoms with Crippen LogP contribution >= 0.6 is 11.3 Å². The molecule has 1 heterocycles. The van der Waals surface area contributed by atoms with Crippen LogP contribution in [0.25, 0.3) is 0 Å². The number of nitrogens with zero attached hydrogens (tertiary/aromatic N) is 1. The lowest BCUT2D eigenvalue weighted by Crippen LogP contribution is -2.19. The third-order valence-electron chi connectivity index (χ3n) is 2.16. The van der Waals surface area contributed by atoms with Crippen molar-refractivity contribution in [2.45, 2.75) is 25.2 Å². The zero-order valence-corrected chi connectivity index (χ0v) is 8.36. The summed E-state index contributed by atoms with van der Waals surface area (Å²) in [4.78, 5) is 15.4. The lowest BCUT2D eigenvalue weighted by atomic mass is 10.3. The molecule has 2 rings (SSSR count). The van der Waals surface area contributed by atoms with Crippen molar-refractivity contribution in [1.82, 2.24) is 10.3 Å². The molecule has 0 aliphatic heterocycles. The van der Waals surface area contributed by atoms with Crippen LogP contribution in [0.1, 0.15) is 29.5 Å². The molecule has 1 amide bonds. The summed E-state index contributed by atoms with van der Waals surface area (Å²) in [6.45, 7) is 0. The highest BCUT2D eigenvalue weighted by molar-refractivity contribution is 7.09. The minimum Gasteiger partial charge on any atom is -0.359 e. The summed E-state index contributed by atoms with van der Waals surface area (Å²) in [6, 6.07) is 0. The number of amides is 1. The first kappa shape index (κ1) is 8.69. The van der Waals surface area contributed by atoms with E-state index in [-0.39, 0.29) is 5.91 Å². The van der Waals surface area contributed by atoms with Gasteiger partial charge in [-0.25, -0.2) is 4.98 Å². The summed E-state index contributed by atoms with van der Waals surface area (Å²) in [7, 11) is 1.65. The Morgan fingerprint density at radius 3 is 3.15 bits per heavy atom. The van der Waals surface area contributed by atoms with Crippen LogP contribution in [0.15, 0.2) is 5.38 Å². The van der Waals surface area contributed by atoms with Crippen LogP contribution < -0.4 is 5.32 Å². The lowest BCUT2D eigenvalue weighted by Gasteiger charge is -1.93. The van der Waals surface area contributed by atoms with Crippen LogP contribution in [0, 0.1) is 0 Å². The van der Waals surface area contributed by atoms with Crippen molar-refractivity contribution >= 4 is 17.2 Å². The Kier molecular flexibility index (Phi) is 2.31. The molecule has 70 valence electrons. The molecule has 1 N–H and O–H groups in total. The fourth-order valence-corrected chi connectivity index (χ4v) is 2.07. The highest BCUT2D eigenvalue weighted by atomic mass is 32.1. The van der Waals surface area contributed by atoms with Crippen molar-refractivity contribution in [1.29, 1.82) is 0 Å². The van der Waals surface area contributed by atoms with Gasteiger partial charge in [-0.05, 0) is 12.8 Å². The molecular weight excluding hydrogens is 184 g/mol. The second kappa shape index (κ2) is 3.46. The van der Waals surface area contributed by atoms with Gasteiger partial charge in [0.15, 0.2) is 0 Å². The van der Waals surface area contributed by atoms with Gasteiger partial charge in [0.2, 0.25) is 5.91 Å². The SMILES string of the molecule is CNC(=O)Cc1nc(C2CC2)cs1. The van der Waals surface area contributed by atoms with Crippen molar-refractivity contribution in [3.05, 3.63) is 16.1 Å². The van der Waals surface area contributed by atoms with E-state index in [1.807, 2.05) is 0 Å². The molecule has 1 aromatic rings. The molecule has 1 fully saturated rings. The van der Waals surface area contributed by atoms with E-state index in [1.54, 1.807) is 18.4 Å². The second-order valence-corrected chi connectivity index (χ2v) is 4.23. The van der Waals surface area contributed by atoms with Crippen LogP contribution in [0.4, 0.5) is 0 Å². The zero-order valence-electron chi connectivity index (χ0n) is 7.54. The molecule has 0 bridgehead atoms. The molecule has 13 heavy (non-hydrogen) atoms. The first-order valence-electron chi connectivity index (χ1n) is 4.44. The standard InChI is InChI=1S/C9H12N2OS/c1-10-8(12)4-9-11-7(5-13-9)6-2-3-6/h5-6H,2-4H2,1H3,(H,10,12). The quantitative estimate of drug-likeness (QED) is 0.792. The predicted molar refractivity (Wildman–Crippen MR) is 51.9 cm³/mol. The third kappa shape index (κ3) is 2.06. The summed E-state index contributed by atoms with van der Waals surface area (Å²) >= 11 is 1.59. The van der Waals surface area contributed by atoms with Crippen LogP contribution in [0.3, 0.4) is 0 Å². The van der Waals surface area contributed by atoms with E-state index < -0.39 is 0 Å². The second-order valence-electron chi connectivity index (χ2n) is 3.29. The van der Waals surface area contributed by atoms with Crippen LogP contribution in [-0.2, 0) is 11.2 Å². The summed E-state index contributed by atoms with van der Waals surface area (Å²) in [5, 5.41) is 5.61. The van der Waals surface area contributed by atoms with Gasteiger partial charge in [-0.3, -0.25) is 4.79 Å². The Hall–Kier alpha value is -0.900. The number of aromatic nitrogens is 1. The average Bonchev–Trinajstić information content (AvgIpc) is 2.88. The van der Waals surface area contributed by atoms with Crippen molar-refractivity contribution in [3.63, 3.8) is 0 Å². The topological polar surface area (TPSA) is 42.0 Å². The Labute approximate surface area is 81.2 Å². The third-order valence-corrected chi connectivity index (χ3v) is 3.02. The maximum atomic E-state index is 11.0. The number of rotatable bonds is 3. The van der Waals surface area contributed by atoms with Gasteiger partial charge in [-0.1, -0.05) is 0 Å². The monoisotopic (exact) mass is 196 g/mol. The molecule has 1 aromatic heterocycles. The van der Waals surface area contributed by atoms with Gasteiger partial charge in [0, 0.05) is 18.3 Å². The molecule has 0 atom stereocenters. The first-order chi connectivity index (χ1) is 6.29. The van der Waals surface area contributed by atoms with Crippen LogP contribution in [0.5, 0.6) is 0 Å². The molecule has 0 aromatic carbocycles. The fourth-order valence-electron chi connectivity index (χ4n) is 1.20. The number of carbonyl (C=O) groups excluding carboxylic acids is 1. The van der Waals surface area contributed by atoms with Crippen LogP contribution in [-0.4, -0.2) is 17.9 Å². The van der Waals surface area contributed by atoms with Crippen molar-refractivity contribution in [2.24, 2.45) is 0 Å². The van der Waals surface area contributed by atoms with Crippen LogP contribution in [0.2, 0.25) is 0 Å². The van der Waals surface area contributed by atoms with E-state index in [4.69, 9.17) is 0 Å². The minimum absolute atomic E-state index is 0.0386. The number of nitrogens with one attached hydrogen (secondary N) is 1. The molecule has 0 unspecified atom stereocenters. The van der Waals surface area contributed by atoms with Gasteiger partial charge < -0.3 is 5.32 Å². The molecule has 4 heteroatoms. The summed E-state index contributed by atoms with van der Waals surface area (Å²) < 4.78 is 0. The number of carbonyl (C=O) groups is 1. The Morgan fingerprint density at radius 2 is 2.54 bits per heavy atom. The van der Waals surface area contributed by atoms with Crippen molar-refractivity contribution in [2.75, 3.05) is 7.05 Å². The van der Waals surface area contributed by atoms with E-state index in [0.717, 1.165) is 5.01 Å². The maximum Gasteiger partial charge on any atom is 0.226 e. The first-order valence-corrected chi connectivity index (χ1v) is 5.32. The lowest BCUT2D eigenvalue weighted by molar-refractivity contribution is -0.119. The van der Waals surface area contributed by atoms with E-state index in [0.29, 0.717) is 12.3 Å². The normalized spacial score (nSPS) is 15.8. The number of likely N-dealkylation sites (N-methyl/N-ethyl adjacent to an activating group) is 1. The van der Waals surface area contributed by atoms with Gasteiger partial charge in [-0.15, -0.1) is 11.3 Å². The number of thiazole rings is 1. The molecule has 0 spiro atoms.